The molecule has 1 heterocycles. The third kappa shape index (κ3) is 1.08. The fourth-order valence-electron chi connectivity index (χ4n) is 0.664. The van der Waals surface area contributed by atoms with E-state index >= 15 is 0 Å². The zero-order chi connectivity index (χ0) is 6.85. The Morgan fingerprint density at radius 1 is 1.78 bits per heavy atom. The van der Waals surface area contributed by atoms with Crippen LogP contribution in [0.15, 0.2) is 0 Å². The van der Waals surface area contributed by atoms with Gasteiger partial charge in [-0.15, -0.1) is 0 Å². The number of amides is 2. The molecule has 0 unspecified atom stereocenters. The first-order valence-electron chi connectivity index (χ1n) is 2.68. The fourth-order valence-corrected chi connectivity index (χ4v) is 0.664. The summed E-state index contributed by atoms with van der Waals surface area (Å²) in [5.41, 5.74) is 0. The summed E-state index contributed by atoms with van der Waals surface area (Å²) >= 11 is 0. The number of hydroxylamine groups is 2. The van der Waals surface area contributed by atoms with Crippen LogP contribution in [0.1, 0.15) is 13.3 Å². The van der Waals surface area contributed by atoms with E-state index < -0.39 is 0 Å². The lowest BCUT2D eigenvalue weighted by molar-refractivity contribution is -0.176. The lowest BCUT2D eigenvalue weighted by atomic mass is 10.4. The molecule has 0 aliphatic carbocycles. The maximum Gasteiger partial charge on any atom is 0.255 e. The van der Waals surface area contributed by atoms with Crippen LogP contribution < -0.4 is 0 Å². The van der Waals surface area contributed by atoms with E-state index in [4.69, 9.17) is 0 Å². The maximum absolute atomic E-state index is 10.6. The Labute approximate surface area is 52.3 Å². The van der Waals surface area contributed by atoms with Gasteiger partial charge in [-0.1, -0.05) is 0 Å². The van der Waals surface area contributed by atoms with Crippen LogP contribution in [0.4, 0.5) is 0 Å². The predicted molar refractivity (Wildman–Crippen MR) is 28.1 cm³/mol. The molecule has 1 aliphatic rings. The molecule has 0 atom stereocenters. The highest BCUT2D eigenvalue weighted by Crippen LogP contribution is 2.05. The molecule has 0 aromatic carbocycles. The van der Waals surface area contributed by atoms with Gasteiger partial charge >= 0.3 is 0 Å². The van der Waals surface area contributed by atoms with E-state index in [1.165, 1.54) is 6.92 Å². The molecule has 1 aliphatic heterocycles. The molecule has 4 nitrogen and oxygen atoms in total. The van der Waals surface area contributed by atoms with Gasteiger partial charge in [0.1, 0.15) is 0 Å². The van der Waals surface area contributed by atoms with Crippen molar-refractivity contribution in [2.24, 2.45) is 0 Å². The molecule has 0 spiro atoms. The minimum Gasteiger partial charge on any atom is -0.272 e. The van der Waals surface area contributed by atoms with Crippen LogP contribution in [0, 0.1) is 0 Å². The lowest BCUT2D eigenvalue weighted by Crippen LogP contribution is -2.27. The topological polar surface area (TPSA) is 46.6 Å². The molecule has 0 saturated carbocycles. The predicted octanol–water partition coefficient (Wildman–Crippen LogP) is -0.303. The van der Waals surface area contributed by atoms with Gasteiger partial charge in [0.05, 0.1) is 13.0 Å². The van der Waals surface area contributed by atoms with Crippen LogP contribution in [0.3, 0.4) is 0 Å². The van der Waals surface area contributed by atoms with Crippen molar-refractivity contribution < 1.29 is 14.4 Å². The summed E-state index contributed by atoms with van der Waals surface area (Å²) in [6, 6.07) is 0. The van der Waals surface area contributed by atoms with Crippen LogP contribution in [0.5, 0.6) is 0 Å². The standard InChI is InChI=1S/C5H7NO3/c1-4(7)6-5(8)2-3-9-6/h2-3H2,1H3. The highest BCUT2D eigenvalue weighted by Gasteiger charge is 2.24. The summed E-state index contributed by atoms with van der Waals surface area (Å²) in [6.07, 6.45) is 0.319. The number of carbonyl (C=O) groups excluding carboxylic acids is 2. The van der Waals surface area contributed by atoms with Gasteiger partial charge in [0, 0.05) is 6.92 Å². The van der Waals surface area contributed by atoms with Gasteiger partial charge in [0.2, 0.25) is 5.91 Å². The first-order valence-corrected chi connectivity index (χ1v) is 2.68. The molecule has 0 aromatic rings. The summed E-state index contributed by atoms with van der Waals surface area (Å²) in [5, 5.41) is 0.792. The van der Waals surface area contributed by atoms with E-state index in [0.717, 1.165) is 5.06 Å². The molecule has 1 fully saturated rings. The molecule has 50 valence electrons. The zero-order valence-corrected chi connectivity index (χ0v) is 5.09. The van der Waals surface area contributed by atoms with Crippen LogP contribution >= 0.6 is 0 Å². The van der Waals surface area contributed by atoms with Gasteiger partial charge in [-0.25, -0.2) is 0 Å². The molecular weight excluding hydrogens is 122 g/mol. The molecule has 0 radical (unpaired) electrons. The van der Waals surface area contributed by atoms with E-state index in [2.05, 4.69) is 4.84 Å². The van der Waals surface area contributed by atoms with E-state index in [9.17, 15) is 9.59 Å². The Hall–Kier alpha value is -0.900. The highest BCUT2D eigenvalue weighted by atomic mass is 16.7. The number of carbonyl (C=O) groups is 2. The van der Waals surface area contributed by atoms with Gasteiger partial charge in [-0.3, -0.25) is 14.4 Å². The Balaban J connectivity index is 2.60. The van der Waals surface area contributed by atoms with Crippen molar-refractivity contribution in [3.63, 3.8) is 0 Å². The lowest BCUT2D eigenvalue weighted by Gasteiger charge is -2.06. The van der Waals surface area contributed by atoms with Gasteiger partial charge in [-0.2, -0.15) is 5.06 Å². The van der Waals surface area contributed by atoms with Crippen LogP contribution in [0.25, 0.3) is 0 Å². The smallest absolute Gasteiger partial charge is 0.255 e. The highest BCUT2D eigenvalue weighted by molar-refractivity contribution is 5.93. The summed E-state index contributed by atoms with van der Waals surface area (Å²) < 4.78 is 0. The molecule has 0 N–H and O–H groups in total. The van der Waals surface area contributed by atoms with Gasteiger partial charge in [-0.05, 0) is 0 Å². The Bertz CT molecular complexity index is 154. The third-order valence-electron chi connectivity index (χ3n) is 1.05. The van der Waals surface area contributed by atoms with Crippen LogP contribution in [-0.2, 0) is 14.4 Å². The molecule has 2 amide bonds. The number of imide groups is 1. The Morgan fingerprint density at radius 3 is 2.67 bits per heavy atom. The summed E-state index contributed by atoms with van der Waals surface area (Å²) in [5.74, 6) is -0.597. The average Bonchev–Trinajstić information content (AvgIpc) is 2.13. The van der Waals surface area contributed by atoms with Gasteiger partial charge in [0.25, 0.3) is 5.91 Å². The van der Waals surface area contributed by atoms with Crippen molar-refractivity contribution in [1.29, 1.82) is 0 Å². The molecule has 9 heavy (non-hydrogen) atoms. The first-order chi connectivity index (χ1) is 4.22. The third-order valence-corrected chi connectivity index (χ3v) is 1.05. The van der Waals surface area contributed by atoms with Crippen molar-refractivity contribution in [2.45, 2.75) is 13.3 Å². The van der Waals surface area contributed by atoms with Gasteiger partial charge < -0.3 is 0 Å². The quantitative estimate of drug-likeness (QED) is 0.451. The van der Waals surface area contributed by atoms with Crippen LogP contribution in [-0.4, -0.2) is 23.5 Å². The van der Waals surface area contributed by atoms with E-state index in [1.54, 1.807) is 0 Å². The van der Waals surface area contributed by atoms with Crippen molar-refractivity contribution >= 4 is 11.8 Å². The monoisotopic (exact) mass is 129 g/mol. The molecule has 1 rings (SSSR count). The van der Waals surface area contributed by atoms with Crippen molar-refractivity contribution in [1.82, 2.24) is 5.06 Å². The number of nitrogens with zero attached hydrogens (tertiary/aromatic N) is 1. The average molecular weight is 129 g/mol. The number of hydrogen-bond acceptors (Lipinski definition) is 3. The molecule has 0 aromatic heterocycles. The second-order valence-corrected chi connectivity index (χ2v) is 1.79. The Morgan fingerprint density at radius 2 is 2.44 bits per heavy atom. The second kappa shape index (κ2) is 2.14. The molecule has 0 bridgehead atoms. The summed E-state index contributed by atoms with van der Waals surface area (Å²) in [4.78, 5) is 25.7. The first kappa shape index (κ1) is 6.22. The molecule has 4 heteroatoms. The minimum atomic E-state index is -0.350. The fraction of sp³-hybridized carbons (Fsp3) is 0.600. The Kier molecular flexibility index (Phi) is 1.48. The number of rotatable bonds is 0. The van der Waals surface area contributed by atoms with Crippen LogP contribution in [0.2, 0.25) is 0 Å². The van der Waals surface area contributed by atoms with E-state index in [1.807, 2.05) is 0 Å². The maximum atomic E-state index is 10.6. The van der Waals surface area contributed by atoms with Gasteiger partial charge in [0.15, 0.2) is 0 Å². The van der Waals surface area contributed by atoms with Crippen molar-refractivity contribution in [2.75, 3.05) is 6.61 Å². The summed E-state index contributed by atoms with van der Waals surface area (Å²) in [7, 11) is 0. The SMILES string of the molecule is CC(=O)N1OCCC1=O. The number of hydrogen-bond donors (Lipinski definition) is 0. The molecular formula is C5H7NO3. The van der Waals surface area contributed by atoms with Crippen molar-refractivity contribution in [3.8, 4) is 0 Å². The molecule has 1 saturated heterocycles. The van der Waals surface area contributed by atoms with E-state index in [-0.39, 0.29) is 11.8 Å². The van der Waals surface area contributed by atoms with Crippen molar-refractivity contribution in [3.05, 3.63) is 0 Å². The second-order valence-electron chi connectivity index (χ2n) is 1.79. The van der Waals surface area contributed by atoms with E-state index in [0.29, 0.717) is 13.0 Å². The summed E-state index contributed by atoms with van der Waals surface area (Å²) in [6.45, 7) is 1.63. The minimum absolute atomic E-state index is 0.248. The normalized spacial score (nSPS) is 18.8. The largest absolute Gasteiger partial charge is 0.272 e. The zero-order valence-electron chi connectivity index (χ0n) is 5.09.